The quantitative estimate of drug-likeness (QED) is 0.124. The van der Waals surface area contributed by atoms with Crippen LogP contribution in [0.25, 0.3) is 44.5 Å². The molecule has 4 nitrogen and oxygen atoms in total. The van der Waals surface area contributed by atoms with Gasteiger partial charge >= 0.3 is 0 Å². The van der Waals surface area contributed by atoms with Crippen molar-refractivity contribution in [1.82, 2.24) is 15.0 Å². The minimum Gasteiger partial charge on any atom is -0.273 e. The molecule has 0 saturated heterocycles. The van der Waals surface area contributed by atoms with Gasteiger partial charge in [-0.2, -0.15) is 0 Å². The SMILES string of the molecule is C=N/C=C\C=C(/C)c1cc(-c2cccnc2)cc(-c2cccc(/C(C)=C/C(=C\C(=C)c3cccnc3)c3cccnc3)c2)c1. The van der Waals surface area contributed by atoms with Crippen LogP contribution in [0.1, 0.15) is 36.1 Å². The van der Waals surface area contributed by atoms with E-state index in [2.05, 4.69) is 120 Å². The van der Waals surface area contributed by atoms with Crippen LogP contribution in [0.5, 0.6) is 0 Å². The number of rotatable bonds is 10. The van der Waals surface area contributed by atoms with Gasteiger partial charge in [-0.25, -0.2) is 0 Å². The number of allylic oxidation sites excluding steroid dienone is 8. The lowest BCUT2D eigenvalue weighted by molar-refractivity contribution is 1.31. The van der Waals surface area contributed by atoms with Crippen LogP contribution in [-0.2, 0) is 0 Å². The molecule has 0 amide bonds. The van der Waals surface area contributed by atoms with Crippen molar-refractivity contribution in [2.75, 3.05) is 0 Å². The van der Waals surface area contributed by atoms with Gasteiger partial charge in [0.25, 0.3) is 0 Å². The first-order chi connectivity index (χ1) is 21.5. The van der Waals surface area contributed by atoms with Crippen LogP contribution < -0.4 is 0 Å². The van der Waals surface area contributed by atoms with E-state index in [0.717, 1.165) is 66.8 Å². The number of aliphatic imine (C=N–C) groups is 1. The molecule has 2 aromatic carbocycles. The van der Waals surface area contributed by atoms with E-state index >= 15 is 0 Å². The number of hydrogen-bond donors (Lipinski definition) is 0. The zero-order valence-corrected chi connectivity index (χ0v) is 25.1. The molecular weight excluding hydrogens is 536 g/mol. The van der Waals surface area contributed by atoms with Gasteiger partial charge in [-0.15, -0.1) is 0 Å². The molecule has 5 rings (SSSR count). The van der Waals surface area contributed by atoms with E-state index in [1.54, 1.807) is 24.8 Å². The van der Waals surface area contributed by atoms with Crippen molar-refractivity contribution < 1.29 is 0 Å². The summed E-state index contributed by atoms with van der Waals surface area (Å²) in [6.45, 7) is 12.1. The Morgan fingerprint density at radius 3 is 1.89 bits per heavy atom. The van der Waals surface area contributed by atoms with E-state index in [1.165, 1.54) is 0 Å². The number of aromatic nitrogens is 3. The average molecular weight is 571 g/mol. The zero-order chi connectivity index (χ0) is 30.7. The monoisotopic (exact) mass is 570 g/mol. The summed E-state index contributed by atoms with van der Waals surface area (Å²) in [5, 5.41) is 0. The number of benzene rings is 2. The molecule has 3 aromatic heterocycles. The fourth-order valence-electron chi connectivity index (χ4n) is 4.89. The summed E-state index contributed by atoms with van der Waals surface area (Å²) in [5.41, 5.74) is 12.9. The molecule has 0 aliphatic heterocycles. The molecule has 44 heavy (non-hydrogen) atoms. The highest BCUT2D eigenvalue weighted by molar-refractivity contribution is 5.91. The lowest BCUT2D eigenvalue weighted by Crippen LogP contribution is -1.90. The molecule has 214 valence electrons. The molecule has 0 aliphatic carbocycles. The summed E-state index contributed by atoms with van der Waals surface area (Å²) in [6, 6.07) is 27.3. The molecule has 0 unspecified atom stereocenters. The maximum Gasteiger partial charge on any atom is 0.0346 e. The van der Waals surface area contributed by atoms with Gasteiger partial charge in [-0.1, -0.05) is 55.1 Å². The molecule has 0 radical (unpaired) electrons. The third kappa shape index (κ3) is 7.55. The Hall–Kier alpha value is -5.74. The van der Waals surface area contributed by atoms with Crippen LogP contribution in [0.3, 0.4) is 0 Å². The van der Waals surface area contributed by atoms with Crippen molar-refractivity contribution in [3.8, 4) is 22.3 Å². The molecule has 0 saturated carbocycles. The van der Waals surface area contributed by atoms with Crippen LogP contribution in [0.4, 0.5) is 0 Å². The molecule has 0 atom stereocenters. The van der Waals surface area contributed by atoms with Gasteiger partial charge < -0.3 is 0 Å². The minimum absolute atomic E-state index is 0.886. The first-order valence-electron chi connectivity index (χ1n) is 14.4. The van der Waals surface area contributed by atoms with Gasteiger partial charge in [0.2, 0.25) is 0 Å². The highest BCUT2D eigenvalue weighted by Crippen LogP contribution is 2.33. The smallest absolute Gasteiger partial charge is 0.0346 e. The average Bonchev–Trinajstić information content (AvgIpc) is 3.09. The highest BCUT2D eigenvalue weighted by Gasteiger charge is 2.09. The first-order valence-corrected chi connectivity index (χ1v) is 14.4. The second-order valence-electron chi connectivity index (χ2n) is 10.4. The lowest BCUT2D eigenvalue weighted by atomic mass is 9.92. The fraction of sp³-hybridized carbons (Fsp3) is 0.0500. The molecule has 0 fully saturated rings. The van der Waals surface area contributed by atoms with Crippen molar-refractivity contribution in [2.45, 2.75) is 13.8 Å². The molecule has 0 spiro atoms. The maximum atomic E-state index is 4.36. The number of hydrogen-bond acceptors (Lipinski definition) is 4. The summed E-state index contributed by atoms with van der Waals surface area (Å²) in [5.74, 6) is 0. The molecule has 3 heterocycles. The van der Waals surface area contributed by atoms with Gasteiger partial charge in [0.05, 0.1) is 0 Å². The third-order valence-electron chi connectivity index (χ3n) is 7.30. The van der Waals surface area contributed by atoms with Crippen LogP contribution in [0.15, 0.2) is 158 Å². The second-order valence-corrected chi connectivity index (χ2v) is 10.4. The Kier molecular flexibility index (Phi) is 9.76. The topological polar surface area (TPSA) is 51.0 Å². The highest BCUT2D eigenvalue weighted by atomic mass is 14.6. The van der Waals surface area contributed by atoms with Crippen LogP contribution >= 0.6 is 0 Å². The van der Waals surface area contributed by atoms with E-state index in [0.29, 0.717) is 0 Å². The summed E-state index contributed by atoms with van der Waals surface area (Å²) in [7, 11) is 0. The Bertz CT molecular complexity index is 1880. The predicted octanol–water partition coefficient (Wildman–Crippen LogP) is 10.0. The van der Waals surface area contributed by atoms with Crippen molar-refractivity contribution in [1.29, 1.82) is 0 Å². The largest absolute Gasteiger partial charge is 0.273 e. The van der Waals surface area contributed by atoms with Gasteiger partial charge in [0.1, 0.15) is 0 Å². The normalized spacial score (nSPS) is 12.4. The van der Waals surface area contributed by atoms with Crippen LogP contribution in [0.2, 0.25) is 0 Å². The molecule has 5 aromatic rings. The molecule has 4 heteroatoms. The predicted molar refractivity (Wildman–Crippen MR) is 187 cm³/mol. The lowest BCUT2D eigenvalue weighted by Gasteiger charge is -2.13. The fourth-order valence-corrected chi connectivity index (χ4v) is 4.89. The van der Waals surface area contributed by atoms with E-state index in [4.69, 9.17) is 0 Å². The summed E-state index contributed by atoms with van der Waals surface area (Å²) >= 11 is 0. The number of pyridine rings is 3. The van der Waals surface area contributed by atoms with Crippen molar-refractivity contribution >= 4 is 29.0 Å². The maximum absolute atomic E-state index is 4.36. The third-order valence-corrected chi connectivity index (χ3v) is 7.30. The molecular formula is C40H34N4. The molecule has 0 bridgehead atoms. The standard InChI is InChI=1S/C40H34N4/c1-29(10-6-16-41-4)37-23-39(25-40(24-37)36-15-9-19-44-28-36)33-12-5-11-32(22-33)30(2)20-38(35-14-8-18-43-27-35)21-31(3)34-13-7-17-42-26-34/h5-28H,3-4H2,1-2H3/b16-6-,29-10+,30-20+,38-21+. The van der Waals surface area contributed by atoms with Gasteiger partial charge in [-0.05, 0) is 131 Å². The summed E-state index contributed by atoms with van der Waals surface area (Å²) in [6.07, 6.45) is 20.9. The Morgan fingerprint density at radius 1 is 0.614 bits per heavy atom. The van der Waals surface area contributed by atoms with Crippen molar-refractivity contribution in [3.05, 3.63) is 175 Å². The Balaban J connectivity index is 1.56. The van der Waals surface area contributed by atoms with E-state index in [1.807, 2.05) is 48.9 Å². The van der Waals surface area contributed by atoms with Gasteiger partial charge in [0.15, 0.2) is 0 Å². The van der Waals surface area contributed by atoms with Crippen molar-refractivity contribution in [2.24, 2.45) is 4.99 Å². The van der Waals surface area contributed by atoms with Gasteiger partial charge in [0, 0.05) is 54.5 Å². The van der Waals surface area contributed by atoms with Crippen molar-refractivity contribution in [3.63, 3.8) is 0 Å². The first kappa shape index (κ1) is 29.7. The Labute approximate surface area is 260 Å². The van der Waals surface area contributed by atoms with Crippen LogP contribution in [-0.4, -0.2) is 21.7 Å². The molecule has 0 aliphatic rings. The zero-order valence-electron chi connectivity index (χ0n) is 25.1. The summed E-state index contributed by atoms with van der Waals surface area (Å²) < 4.78 is 0. The number of nitrogens with zero attached hydrogens (tertiary/aromatic N) is 4. The van der Waals surface area contributed by atoms with Crippen LogP contribution in [0, 0.1) is 0 Å². The summed E-state index contributed by atoms with van der Waals surface area (Å²) in [4.78, 5) is 16.8. The van der Waals surface area contributed by atoms with E-state index in [-0.39, 0.29) is 0 Å². The minimum atomic E-state index is 0.886. The Morgan fingerprint density at radius 2 is 1.23 bits per heavy atom. The van der Waals surface area contributed by atoms with Gasteiger partial charge in [-0.3, -0.25) is 19.9 Å². The van der Waals surface area contributed by atoms with E-state index in [9.17, 15) is 0 Å². The molecule has 0 N–H and O–H groups in total. The van der Waals surface area contributed by atoms with E-state index < -0.39 is 0 Å². The second kappa shape index (κ2) is 14.4.